The predicted molar refractivity (Wildman–Crippen MR) is 58.5 cm³/mol. The fraction of sp³-hybridized carbons (Fsp3) is 0.100. The molecule has 1 heterocycles. The molecule has 0 aliphatic rings. The summed E-state index contributed by atoms with van der Waals surface area (Å²) in [4.78, 5) is 11.0. The first-order chi connectivity index (χ1) is 6.59. The zero-order valence-corrected chi connectivity index (χ0v) is 8.95. The number of hydrogen-bond donors (Lipinski definition) is 1. The second-order valence-electron chi connectivity index (χ2n) is 3.05. The molecule has 0 atom stereocenters. The summed E-state index contributed by atoms with van der Waals surface area (Å²) in [6.07, 6.45) is 0. The molecular formula is C10H7ClO2S. The van der Waals surface area contributed by atoms with Crippen LogP contribution in [0, 0.1) is 6.92 Å². The van der Waals surface area contributed by atoms with Gasteiger partial charge in [-0.15, -0.1) is 11.3 Å². The molecule has 4 heteroatoms. The highest BCUT2D eigenvalue weighted by Gasteiger charge is 2.15. The molecule has 1 aromatic carbocycles. The van der Waals surface area contributed by atoms with Crippen molar-refractivity contribution in [3.63, 3.8) is 0 Å². The monoisotopic (exact) mass is 226 g/mol. The van der Waals surface area contributed by atoms with Crippen molar-refractivity contribution in [2.75, 3.05) is 0 Å². The van der Waals surface area contributed by atoms with Gasteiger partial charge in [-0.3, -0.25) is 0 Å². The summed E-state index contributed by atoms with van der Waals surface area (Å²) < 4.78 is 0.924. The molecule has 2 aromatic rings. The predicted octanol–water partition coefficient (Wildman–Crippen LogP) is 3.56. The first-order valence-corrected chi connectivity index (χ1v) is 5.21. The number of benzene rings is 1. The second-order valence-corrected chi connectivity index (χ2v) is 4.48. The number of aryl methyl sites for hydroxylation is 1. The van der Waals surface area contributed by atoms with Crippen molar-refractivity contribution in [2.45, 2.75) is 6.92 Å². The standard InChI is InChI=1S/C10H7ClO2S/c1-5-2-3-6-7(4-5)14-9(8(6)11)10(12)13/h2-4H,1H3,(H,12,13). The summed E-state index contributed by atoms with van der Waals surface area (Å²) in [5.41, 5.74) is 1.10. The van der Waals surface area contributed by atoms with Crippen molar-refractivity contribution >= 4 is 39.0 Å². The van der Waals surface area contributed by atoms with E-state index in [1.54, 1.807) is 0 Å². The molecule has 1 N–H and O–H groups in total. The molecule has 0 saturated heterocycles. The molecular weight excluding hydrogens is 220 g/mol. The van der Waals surface area contributed by atoms with Crippen LogP contribution in [0.2, 0.25) is 5.02 Å². The highest BCUT2D eigenvalue weighted by Crippen LogP contribution is 2.35. The van der Waals surface area contributed by atoms with E-state index < -0.39 is 5.97 Å². The molecule has 0 fully saturated rings. The highest BCUT2D eigenvalue weighted by molar-refractivity contribution is 7.21. The summed E-state index contributed by atoms with van der Waals surface area (Å²) >= 11 is 7.15. The molecule has 0 bridgehead atoms. The molecule has 0 aliphatic carbocycles. The molecule has 0 unspecified atom stereocenters. The summed E-state index contributed by atoms with van der Waals surface area (Å²) in [5, 5.41) is 10.0. The largest absolute Gasteiger partial charge is 0.477 e. The summed E-state index contributed by atoms with van der Waals surface area (Å²) in [6, 6.07) is 5.72. The van der Waals surface area contributed by atoms with Crippen molar-refractivity contribution in [1.82, 2.24) is 0 Å². The van der Waals surface area contributed by atoms with Crippen LogP contribution in [0.4, 0.5) is 0 Å². The molecule has 2 rings (SSSR count). The van der Waals surface area contributed by atoms with Gasteiger partial charge in [0.1, 0.15) is 4.88 Å². The Bertz CT molecular complexity index is 516. The van der Waals surface area contributed by atoms with Gasteiger partial charge in [-0.1, -0.05) is 23.7 Å². The Morgan fingerprint density at radius 3 is 2.86 bits per heavy atom. The molecule has 0 spiro atoms. The van der Waals surface area contributed by atoms with Gasteiger partial charge in [0.25, 0.3) is 0 Å². The van der Waals surface area contributed by atoms with Crippen LogP contribution in [0.25, 0.3) is 10.1 Å². The lowest BCUT2D eigenvalue weighted by atomic mass is 10.2. The van der Waals surface area contributed by atoms with Gasteiger partial charge < -0.3 is 5.11 Å². The smallest absolute Gasteiger partial charge is 0.347 e. The van der Waals surface area contributed by atoms with Crippen molar-refractivity contribution < 1.29 is 9.90 Å². The van der Waals surface area contributed by atoms with Gasteiger partial charge in [0.2, 0.25) is 0 Å². The minimum Gasteiger partial charge on any atom is -0.477 e. The molecule has 0 amide bonds. The van der Waals surface area contributed by atoms with Gasteiger partial charge in [-0.05, 0) is 18.6 Å². The van der Waals surface area contributed by atoms with E-state index >= 15 is 0 Å². The maximum absolute atomic E-state index is 10.8. The van der Waals surface area contributed by atoms with Crippen molar-refractivity contribution in [1.29, 1.82) is 0 Å². The number of carbonyl (C=O) groups is 1. The van der Waals surface area contributed by atoms with Crippen LogP contribution in [0.15, 0.2) is 18.2 Å². The van der Waals surface area contributed by atoms with E-state index in [1.807, 2.05) is 25.1 Å². The number of halogens is 1. The third-order valence-electron chi connectivity index (χ3n) is 1.98. The Kier molecular flexibility index (Phi) is 2.21. The molecule has 14 heavy (non-hydrogen) atoms. The highest BCUT2D eigenvalue weighted by atomic mass is 35.5. The van der Waals surface area contributed by atoms with Crippen LogP contribution >= 0.6 is 22.9 Å². The van der Waals surface area contributed by atoms with E-state index in [2.05, 4.69) is 0 Å². The fourth-order valence-electron chi connectivity index (χ4n) is 1.31. The normalized spacial score (nSPS) is 10.7. The topological polar surface area (TPSA) is 37.3 Å². The Morgan fingerprint density at radius 2 is 2.21 bits per heavy atom. The molecule has 0 radical (unpaired) electrons. The number of aromatic carboxylic acids is 1. The minimum atomic E-state index is -0.964. The van der Waals surface area contributed by atoms with Crippen LogP contribution < -0.4 is 0 Å². The number of carboxylic acids is 1. The molecule has 72 valence electrons. The van der Waals surface area contributed by atoms with Crippen molar-refractivity contribution in [3.8, 4) is 0 Å². The first kappa shape index (κ1) is 9.49. The lowest BCUT2D eigenvalue weighted by molar-refractivity contribution is 0.0702. The minimum absolute atomic E-state index is 0.215. The van der Waals surface area contributed by atoms with Gasteiger partial charge in [0.05, 0.1) is 5.02 Å². The Hall–Kier alpha value is -1.06. The number of fused-ring (bicyclic) bond motifs is 1. The maximum Gasteiger partial charge on any atom is 0.347 e. The number of rotatable bonds is 1. The van der Waals surface area contributed by atoms with E-state index in [0.29, 0.717) is 5.02 Å². The van der Waals surface area contributed by atoms with Crippen LogP contribution in [-0.4, -0.2) is 11.1 Å². The van der Waals surface area contributed by atoms with Gasteiger partial charge in [-0.2, -0.15) is 0 Å². The molecule has 0 aliphatic heterocycles. The third-order valence-corrected chi connectivity index (χ3v) is 3.62. The SMILES string of the molecule is Cc1ccc2c(Cl)c(C(=O)O)sc2c1. The van der Waals surface area contributed by atoms with E-state index in [0.717, 1.165) is 15.6 Å². The van der Waals surface area contributed by atoms with Crippen LogP contribution in [0.3, 0.4) is 0 Å². The average molecular weight is 227 g/mol. The number of carboxylic acid groups (broad SMARTS) is 1. The fourth-order valence-corrected chi connectivity index (χ4v) is 2.76. The van der Waals surface area contributed by atoms with E-state index in [4.69, 9.17) is 16.7 Å². The Labute approximate surface area is 89.7 Å². The molecule has 1 aromatic heterocycles. The molecule has 2 nitrogen and oxygen atoms in total. The summed E-state index contributed by atoms with van der Waals surface area (Å²) in [5.74, 6) is -0.964. The van der Waals surface area contributed by atoms with Crippen molar-refractivity contribution in [3.05, 3.63) is 33.7 Å². The lowest BCUT2D eigenvalue weighted by Crippen LogP contribution is -1.91. The first-order valence-electron chi connectivity index (χ1n) is 4.01. The van der Waals surface area contributed by atoms with Gasteiger partial charge in [0, 0.05) is 10.1 Å². The Balaban J connectivity index is 2.79. The van der Waals surface area contributed by atoms with Gasteiger partial charge in [0.15, 0.2) is 0 Å². The van der Waals surface area contributed by atoms with Gasteiger partial charge >= 0.3 is 5.97 Å². The van der Waals surface area contributed by atoms with Gasteiger partial charge in [-0.25, -0.2) is 4.79 Å². The zero-order chi connectivity index (χ0) is 10.3. The van der Waals surface area contributed by atoms with Crippen molar-refractivity contribution in [2.24, 2.45) is 0 Å². The van der Waals surface area contributed by atoms with Crippen LogP contribution in [0.1, 0.15) is 15.2 Å². The quantitative estimate of drug-likeness (QED) is 0.807. The maximum atomic E-state index is 10.8. The van der Waals surface area contributed by atoms with Crippen LogP contribution in [-0.2, 0) is 0 Å². The third kappa shape index (κ3) is 1.38. The average Bonchev–Trinajstić information content (AvgIpc) is 2.43. The second kappa shape index (κ2) is 3.26. The van der Waals surface area contributed by atoms with Crippen LogP contribution in [0.5, 0.6) is 0 Å². The lowest BCUT2D eigenvalue weighted by Gasteiger charge is -1.91. The number of hydrogen-bond acceptors (Lipinski definition) is 2. The molecule has 0 saturated carbocycles. The Morgan fingerprint density at radius 1 is 1.50 bits per heavy atom. The zero-order valence-electron chi connectivity index (χ0n) is 7.37. The van der Waals surface area contributed by atoms with E-state index in [9.17, 15) is 4.79 Å². The van der Waals surface area contributed by atoms with E-state index in [-0.39, 0.29) is 4.88 Å². The van der Waals surface area contributed by atoms with E-state index in [1.165, 1.54) is 11.3 Å². The summed E-state index contributed by atoms with van der Waals surface area (Å²) in [6.45, 7) is 1.97. The number of thiophene rings is 1. The summed E-state index contributed by atoms with van der Waals surface area (Å²) in [7, 11) is 0.